The summed E-state index contributed by atoms with van der Waals surface area (Å²) in [4.78, 5) is 23.3. The van der Waals surface area contributed by atoms with E-state index in [1.165, 1.54) is 0 Å². The van der Waals surface area contributed by atoms with Gasteiger partial charge in [0.1, 0.15) is 13.2 Å². The molecule has 142 valence electrons. The number of carbonyl (C=O) groups is 2. The Morgan fingerprint density at radius 2 is 1.29 bits per heavy atom. The Labute approximate surface area is 144 Å². The van der Waals surface area contributed by atoms with E-state index in [0.29, 0.717) is 25.7 Å². The van der Waals surface area contributed by atoms with Crippen LogP contribution < -0.4 is 0 Å². The fourth-order valence-corrected chi connectivity index (χ4v) is 1.85. The second kappa shape index (κ2) is 12.2. The van der Waals surface area contributed by atoms with Gasteiger partial charge in [-0.15, -0.1) is 0 Å². The molecule has 7 heteroatoms. The summed E-state index contributed by atoms with van der Waals surface area (Å²) in [6.45, 7) is 4.73. The number of unbranched alkanes of at least 4 members (excludes halogenated alkanes) is 2. The minimum atomic E-state index is -1.19. The largest absolute Gasteiger partial charge is 0.463 e. The molecule has 3 N–H and O–H groups in total. The maximum atomic E-state index is 11.7. The molecule has 0 heterocycles. The highest BCUT2D eigenvalue weighted by Crippen LogP contribution is 2.18. The molecule has 0 aromatic heterocycles. The van der Waals surface area contributed by atoms with Gasteiger partial charge in [0.2, 0.25) is 0 Å². The fourth-order valence-electron chi connectivity index (χ4n) is 1.85. The molecule has 0 saturated carbocycles. The predicted molar refractivity (Wildman–Crippen MR) is 88.2 cm³/mol. The van der Waals surface area contributed by atoms with E-state index in [0.717, 1.165) is 12.8 Å². The van der Waals surface area contributed by atoms with Crippen molar-refractivity contribution in [2.45, 2.75) is 71.5 Å². The van der Waals surface area contributed by atoms with Gasteiger partial charge in [-0.2, -0.15) is 0 Å². The summed E-state index contributed by atoms with van der Waals surface area (Å²) in [5, 5.41) is 28.7. The first-order chi connectivity index (χ1) is 11.3. The smallest absolute Gasteiger partial charge is 0.334 e. The SMILES string of the molecule is CCCCC(O)C(=O)OCC(C)(CO)COC(=O)C(O)CCCC. The van der Waals surface area contributed by atoms with Crippen LogP contribution in [0.25, 0.3) is 0 Å². The van der Waals surface area contributed by atoms with Crippen molar-refractivity contribution in [1.29, 1.82) is 0 Å². The Morgan fingerprint density at radius 3 is 1.58 bits per heavy atom. The molecule has 0 bridgehead atoms. The molecule has 0 spiro atoms. The zero-order valence-corrected chi connectivity index (χ0v) is 15.0. The Hall–Kier alpha value is -1.18. The van der Waals surface area contributed by atoms with Crippen molar-refractivity contribution in [3.63, 3.8) is 0 Å². The predicted octanol–water partition coefficient (Wildman–Crippen LogP) is 1.17. The Balaban J connectivity index is 4.33. The molecule has 0 fully saturated rings. The van der Waals surface area contributed by atoms with E-state index in [9.17, 15) is 24.9 Å². The molecular formula is C17H32O7. The number of ether oxygens (including phenoxy) is 2. The average molecular weight is 348 g/mol. The van der Waals surface area contributed by atoms with Crippen LogP contribution in [0.4, 0.5) is 0 Å². The van der Waals surface area contributed by atoms with E-state index in [-0.39, 0.29) is 19.8 Å². The summed E-state index contributed by atoms with van der Waals surface area (Å²) < 4.78 is 10.0. The van der Waals surface area contributed by atoms with Gasteiger partial charge >= 0.3 is 11.9 Å². The lowest BCUT2D eigenvalue weighted by molar-refractivity contribution is -0.165. The third-order valence-corrected chi connectivity index (χ3v) is 3.71. The molecule has 0 aromatic rings. The van der Waals surface area contributed by atoms with Crippen LogP contribution >= 0.6 is 0 Å². The van der Waals surface area contributed by atoms with Gasteiger partial charge in [-0.3, -0.25) is 0 Å². The van der Waals surface area contributed by atoms with Crippen molar-refractivity contribution in [2.24, 2.45) is 5.41 Å². The van der Waals surface area contributed by atoms with Gasteiger partial charge < -0.3 is 24.8 Å². The quantitative estimate of drug-likeness (QED) is 0.428. The van der Waals surface area contributed by atoms with Gasteiger partial charge in [-0.05, 0) is 12.8 Å². The average Bonchev–Trinajstić information content (AvgIpc) is 2.59. The van der Waals surface area contributed by atoms with Crippen LogP contribution in [0.3, 0.4) is 0 Å². The summed E-state index contributed by atoms with van der Waals surface area (Å²) in [7, 11) is 0. The molecule has 0 aliphatic rings. The summed E-state index contributed by atoms with van der Waals surface area (Å²) >= 11 is 0. The maximum Gasteiger partial charge on any atom is 0.334 e. The van der Waals surface area contributed by atoms with Crippen LogP contribution in [-0.4, -0.2) is 59.3 Å². The van der Waals surface area contributed by atoms with Crippen molar-refractivity contribution < 1.29 is 34.4 Å². The lowest BCUT2D eigenvalue weighted by atomic mass is 9.94. The summed E-state index contributed by atoms with van der Waals surface area (Å²) in [6.07, 6.45) is 1.40. The normalized spacial score (nSPS) is 16.1. The zero-order chi connectivity index (χ0) is 18.6. The highest BCUT2D eigenvalue weighted by molar-refractivity contribution is 5.74. The minimum absolute atomic E-state index is 0.191. The number of aliphatic hydroxyl groups is 3. The summed E-state index contributed by atoms with van der Waals surface area (Å²) in [5.41, 5.74) is -0.986. The standard InChI is InChI=1S/C17H32O7/c1-4-6-8-13(19)15(21)23-11-17(3,10-18)12-24-16(22)14(20)9-7-5-2/h13-14,18-20H,4-12H2,1-3H3. The second-order valence-electron chi connectivity index (χ2n) is 6.50. The monoisotopic (exact) mass is 348 g/mol. The summed E-state index contributed by atoms with van der Waals surface area (Å²) in [6, 6.07) is 0. The second-order valence-corrected chi connectivity index (χ2v) is 6.50. The van der Waals surface area contributed by atoms with Gasteiger partial charge in [0.25, 0.3) is 0 Å². The molecule has 24 heavy (non-hydrogen) atoms. The third kappa shape index (κ3) is 9.20. The number of esters is 2. The van der Waals surface area contributed by atoms with Crippen LogP contribution in [0.1, 0.15) is 59.3 Å². The number of hydrogen-bond donors (Lipinski definition) is 3. The van der Waals surface area contributed by atoms with E-state index >= 15 is 0 Å². The first kappa shape index (κ1) is 22.8. The molecule has 0 aromatic carbocycles. The van der Waals surface area contributed by atoms with Crippen molar-refractivity contribution in [3.8, 4) is 0 Å². The number of hydrogen-bond acceptors (Lipinski definition) is 7. The molecule has 7 nitrogen and oxygen atoms in total. The molecule has 0 aliphatic heterocycles. The lowest BCUT2D eigenvalue weighted by Crippen LogP contribution is -2.38. The van der Waals surface area contributed by atoms with E-state index in [1.807, 2.05) is 13.8 Å². The number of carbonyl (C=O) groups excluding carboxylic acids is 2. The van der Waals surface area contributed by atoms with E-state index < -0.39 is 29.6 Å². The van der Waals surface area contributed by atoms with Gasteiger partial charge in [-0.25, -0.2) is 9.59 Å². The molecule has 2 atom stereocenters. The first-order valence-electron chi connectivity index (χ1n) is 8.60. The van der Waals surface area contributed by atoms with Crippen LogP contribution in [0.5, 0.6) is 0 Å². The van der Waals surface area contributed by atoms with Crippen molar-refractivity contribution in [3.05, 3.63) is 0 Å². The molecule has 2 unspecified atom stereocenters. The molecule has 0 rings (SSSR count). The Kier molecular flexibility index (Phi) is 11.6. The number of rotatable bonds is 13. The molecule has 0 aliphatic carbocycles. The number of aliphatic hydroxyl groups excluding tert-OH is 3. The fraction of sp³-hybridized carbons (Fsp3) is 0.882. The molecule has 0 saturated heterocycles. The maximum absolute atomic E-state index is 11.7. The van der Waals surface area contributed by atoms with Crippen LogP contribution in [0, 0.1) is 5.41 Å². The van der Waals surface area contributed by atoms with Gasteiger partial charge in [0, 0.05) is 0 Å². The minimum Gasteiger partial charge on any atom is -0.463 e. The van der Waals surface area contributed by atoms with Gasteiger partial charge in [0.15, 0.2) is 12.2 Å². The van der Waals surface area contributed by atoms with Gasteiger partial charge in [-0.1, -0.05) is 46.5 Å². The lowest BCUT2D eigenvalue weighted by Gasteiger charge is -2.27. The van der Waals surface area contributed by atoms with E-state index in [4.69, 9.17) is 9.47 Å². The third-order valence-electron chi connectivity index (χ3n) is 3.71. The zero-order valence-electron chi connectivity index (χ0n) is 15.0. The van der Waals surface area contributed by atoms with Gasteiger partial charge in [0.05, 0.1) is 12.0 Å². The van der Waals surface area contributed by atoms with Crippen LogP contribution in [0.15, 0.2) is 0 Å². The molecule has 0 radical (unpaired) electrons. The molecule has 0 amide bonds. The molecular weight excluding hydrogens is 316 g/mol. The topological polar surface area (TPSA) is 113 Å². The highest BCUT2D eigenvalue weighted by Gasteiger charge is 2.30. The summed E-state index contributed by atoms with van der Waals surface area (Å²) in [5.74, 6) is -1.50. The van der Waals surface area contributed by atoms with Crippen molar-refractivity contribution in [2.75, 3.05) is 19.8 Å². The van der Waals surface area contributed by atoms with Crippen LogP contribution in [0.2, 0.25) is 0 Å². The first-order valence-corrected chi connectivity index (χ1v) is 8.60. The van der Waals surface area contributed by atoms with Crippen molar-refractivity contribution in [1.82, 2.24) is 0 Å². The van der Waals surface area contributed by atoms with E-state index in [2.05, 4.69) is 0 Å². The van der Waals surface area contributed by atoms with Crippen molar-refractivity contribution >= 4 is 11.9 Å². The Bertz CT molecular complexity index is 340. The van der Waals surface area contributed by atoms with Crippen LogP contribution in [-0.2, 0) is 19.1 Å². The highest BCUT2D eigenvalue weighted by atomic mass is 16.6. The Morgan fingerprint density at radius 1 is 0.917 bits per heavy atom. The van der Waals surface area contributed by atoms with E-state index in [1.54, 1.807) is 6.92 Å².